The highest BCUT2D eigenvalue weighted by atomic mass is 32.2. The number of nitrogens with one attached hydrogen (secondary N) is 2. The van der Waals surface area contributed by atoms with Crippen molar-refractivity contribution in [3.8, 4) is 0 Å². The summed E-state index contributed by atoms with van der Waals surface area (Å²) in [4.78, 5) is 11.8. The van der Waals surface area contributed by atoms with Gasteiger partial charge in [0, 0.05) is 5.75 Å². The second-order valence-electron chi connectivity index (χ2n) is 4.48. The average molecular weight is 293 g/mol. The zero-order valence-corrected chi connectivity index (χ0v) is 12.2. The summed E-state index contributed by atoms with van der Waals surface area (Å²) in [5.41, 5.74) is 3.37. The molecule has 0 spiro atoms. The second kappa shape index (κ2) is 6.56. The number of amides is 1. The number of benzene rings is 1. The van der Waals surface area contributed by atoms with E-state index in [2.05, 4.69) is 15.5 Å². The first-order valence-electron chi connectivity index (χ1n) is 6.20. The summed E-state index contributed by atoms with van der Waals surface area (Å²) >= 11 is 1.49. The smallest absolute Gasteiger partial charge is 0.234 e. The van der Waals surface area contributed by atoms with Gasteiger partial charge in [0.1, 0.15) is 5.82 Å². The number of aromatic nitrogens is 2. The SMILES string of the molecule is Cc1n[nH]c(C)c1NC(=O)CSCc1ccc(F)cc1. The van der Waals surface area contributed by atoms with Crippen molar-refractivity contribution in [3.63, 3.8) is 0 Å². The molecule has 0 unspecified atom stereocenters. The van der Waals surface area contributed by atoms with Crippen LogP contribution in [0, 0.1) is 19.7 Å². The van der Waals surface area contributed by atoms with E-state index in [4.69, 9.17) is 0 Å². The Bertz CT molecular complexity index is 575. The lowest BCUT2D eigenvalue weighted by molar-refractivity contribution is -0.113. The number of aromatic amines is 1. The fourth-order valence-electron chi connectivity index (χ4n) is 1.75. The minimum absolute atomic E-state index is 0.0651. The normalized spacial score (nSPS) is 10.6. The Morgan fingerprint density at radius 3 is 2.65 bits per heavy atom. The van der Waals surface area contributed by atoms with Crippen molar-refractivity contribution in [2.75, 3.05) is 11.1 Å². The number of H-pyrrole nitrogens is 1. The van der Waals surface area contributed by atoms with E-state index >= 15 is 0 Å². The van der Waals surface area contributed by atoms with Gasteiger partial charge in [-0.1, -0.05) is 12.1 Å². The van der Waals surface area contributed by atoms with E-state index < -0.39 is 0 Å². The van der Waals surface area contributed by atoms with Crippen LogP contribution in [0.5, 0.6) is 0 Å². The molecule has 106 valence electrons. The topological polar surface area (TPSA) is 57.8 Å². The van der Waals surface area contributed by atoms with Crippen LogP contribution in [0.15, 0.2) is 24.3 Å². The Morgan fingerprint density at radius 2 is 2.05 bits per heavy atom. The molecule has 1 heterocycles. The molecule has 2 N–H and O–H groups in total. The molecule has 1 amide bonds. The third kappa shape index (κ3) is 3.84. The highest BCUT2D eigenvalue weighted by molar-refractivity contribution is 7.99. The number of halogens is 1. The van der Waals surface area contributed by atoms with E-state index in [1.54, 1.807) is 12.1 Å². The zero-order valence-electron chi connectivity index (χ0n) is 11.4. The second-order valence-corrected chi connectivity index (χ2v) is 5.46. The maximum atomic E-state index is 12.7. The number of carbonyl (C=O) groups is 1. The van der Waals surface area contributed by atoms with Gasteiger partial charge in [-0.15, -0.1) is 11.8 Å². The fourth-order valence-corrected chi connectivity index (χ4v) is 2.54. The molecule has 1 aromatic carbocycles. The molecule has 0 radical (unpaired) electrons. The van der Waals surface area contributed by atoms with Crippen LogP contribution in [0.1, 0.15) is 17.0 Å². The Balaban J connectivity index is 1.80. The molecular weight excluding hydrogens is 277 g/mol. The van der Waals surface area contributed by atoms with Crippen LogP contribution in [-0.2, 0) is 10.5 Å². The van der Waals surface area contributed by atoms with E-state index in [-0.39, 0.29) is 11.7 Å². The number of aryl methyl sites for hydroxylation is 2. The van der Waals surface area contributed by atoms with Gasteiger partial charge >= 0.3 is 0 Å². The van der Waals surface area contributed by atoms with Crippen molar-refractivity contribution in [2.45, 2.75) is 19.6 Å². The molecule has 4 nitrogen and oxygen atoms in total. The van der Waals surface area contributed by atoms with Crippen molar-refractivity contribution < 1.29 is 9.18 Å². The Kier molecular flexibility index (Phi) is 4.79. The van der Waals surface area contributed by atoms with Gasteiger partial charge in [0.15, 0.2) is 0 Å². The molecule has 0 saturated carbocycles. The first kappa shape index (κ1) is 14.6. The molecule has 0 aliphatic carbocycles. The quantitative estimate of drug-likeness (QED) is 0.891. The van der Waals surface area contributed by atoms with Gasteiger partial charge in [-0.05, 0) is 31.5 Å². The summed E-state index contributed by atoms with van der Waals surface area (Å²) in [7, 11) is 0. The lowest BCUT2D eigenvalue weighted by Gasteiger charge is -2.05. The molecule has 1 aromatic heterocycles. The van der Waals surface area contributed by atoms with Gasteiger partial charge in [-0.2, -0.15) is 5.10 Å². The molecule has 2 rings (SSSR count). The largest absolute Gasteiger partial charge is 0.322 e. The van der Waals surface area contributed by atoms with E-state index in [0.29, 0.717) is 11.5 Å². The molecular formula is C14H16FN3OS. The number of nitrogens with zero attached hydrogens (tertiary/aromatic N) is 1. The maximum Gasteiger partial charge on any atom is 0.234 e. The number of thioether (sulfide) groups is 1. The highest BCUT2D eigenvalue weighted by Gasteiger charge is 2.10. The molecule has 0 aliphatic rings. The van der Waals surface area contributed by atoms with Crippen LogP contribution in [0.3, 0.4) is 0 Å². The summed E-state index contributed by atoms with van der Waals surface area (Å²) in [6, 6.07) is 6.30. The Morgan fingerprint density at radius 1 is 1.35 bits per heavy atom. The monoisotopic (exact) mass is 293 g/mol. The first-order chi connectivity index (χ1) is 9.56. The molecule has 0 aliphatic heterocycles. The minimum Gasteiger partial charge on any atom is -0.322 e. The Hall–Kier alpha value is -1.82. The molecule has 0 saturated heterocycles. The van der Waals surface area contributed by atoms with Crippen molar-refractivity contribution >= 4 is 23.4 Å². The lowest BCUT2D eigenvalue weighted by Crippen LogP contribution is -2.15. The highest BCUT2D eigenvalue weighted by Crippen LogP contribution is 2.17. The first-order valence-corrected chi connectivity index (χ1v) is 7.35. The summed E-state index contributed by atoms with van der Waals surface area (Å²) in [6.07, 6.45) is 0. The van der Waals surface area contributed by atoms with E-state index in [0.717, 1.165) is 22.6 Å². The van der Waals surface area contributed by atoms with Gasteiger partial charge in [-0.25, -0.2) is 4.39 Å². The van der Waals surface area contributed by atoms with Gasteiger partial charge < -0.3 is 5.32 Å². The van der Waals surface area contributed by atoms with E-state index in [1.807, 2.05) is 13.8 Å². The summed E-state index contributed by atoms with van der Waals surface area (Å²) < 4.78 is 12.7. The zero-order chi connectivity index (χ0) is 14.5. The predicted octanol–water partition coefficient (Wildman–Crippen LogP) is 3.04. The van der Waals surface area contributed by atoms with E-state index in [9.17, 15) is 9.18 Å². The Labute approximate surface area is 121 Å². The molecule has 2 aromatic rings. The van der Waals surface area contributed by atoms with E-state index in [1.165, 1.54) is 23.9 Å². The molecule has 6 heteroatoms. The van der Waals surface area contributed by atoms with Crippen molar-refractivity contribution in [3.05, 3.63) is 47.0 Å². The number of rotatable bonds is 5. The van der Waals surface area contributed by atoms with Crippen molar-refractivity contribution in [1.29, 1.82) is 0 Å². The number of carbonyl (C=O) groups excluding carboxylic acids is 1. The number of anilines is 1. The van der Waals surface area contributed by atoms with Gasteiger partial charge in [0.05, 0.1) is 22.8 Å². The van der Waals surface area contributed by atoms with Gasteiger partial charge in [-0.3, -0.25) is 9.89 Å². The number of hydrogen-bond acceptors (Lipinski definition) is 3. The van der Waals surface area contributed by atoms with Crippen molar-refractivity contribution in [1.82, 2.24) is 10.2 Å². The van der Waals surface area contributed by atoms with Crippen molar-refractivity contribution in [2.24, 2.45) is 0 Å². The van der Waals surface area contributed by atoms with Crippen LogP contribution < -0.4 is 5.32 Å². The third-order valence-electron chi connectivity index (χ3n) is 2.81. The van der Waals surface area contributed by atoms with Crippen LogP contribution >= 0.6 is 11.8 Å². The number of hydrogen-bond donors (Lipinski definition) is 2. The van der Waals surface area contributed by atoms with Gasteiger partial charge in [0.25, 0.3) is 0 Å². The lowest BCUT2D eigenvalue weighted by atomic mass is 10.2. The molecule has 20 heavy (non-hydrogen) atoms. The summed E-state index contributed by atoms with van der Waals surface area (Å²) in [6.45, 7) is 3.70. The molecule has 0 bridgehead atoms. The predicted molar refractivity (Wildman–Crippen MR) is 79.3 cm³/mol. The maximum absolute atomic E-state index is 12.7. The molecule has 0 atom stereocenters. The third-order valence-corrected chi connectivity index (χ3v) is 3.81. The van der Waals surface area contributed by atoms with Crippen LogP contribution in [0.4, 0.5) is 10.1 Å². The average Bonchev–Trinajstić information content (AvgIpc) is 2.73. The molecule has 0 fully saturated rings. The van der Waals surface area contributed by atoms with Crippen LogP contribution in [0.25, 0.3) is 0 Å². The van der Waals surface area contributed by atoms with Crippen LogP contribution in [-0.4, -0.2) is 21.9 Å². The minimum atomic E-state index is -0.248. The standard InChI is InChI=1S/C14H16FN3OS/c1-9-14(10(2)18-17-9)16-13(19)8-20-7-11-3-5-12(15)6-4-11/h3-6H,7-8H2,1-2H3,(H,16,19)(H,17,18). The van der Waals surface area contributed by atoms with Gasteiger partial charge in [0.2, 0.25) is 5.91 Å². The fraction of sp³-hybridized carbons (Fsp3) is 0.286. The summed E-state index contributed by atoms with van der Waals surface area (Å²) in [5.74, 6) is 0.713. The summed E-state index contributed by atoms with van der Waals surface area (Å²) in [5, 5.41) is 9.69. The van der Waals surface area contributed by atoms with Crippen LogP contribution in [0.2, 0.25) is 0 Å².